The van der Waals surface area contributed by atoms with Gasteiger partial charge in [0.1, 0.15) is 0 Å². The summed E-state index contributed by atoms with van der Waals surface area (Å²) in [4.78, 5) is 28.5. The first-order chi connectivity index (χ1) is 15.0. The number of carbonyl (C=O) groups excluding carboxylic acids is 2. The van der Waals surface area contributed by atoms with Gasteiger partial charge in [0.25, 0.3) is 0 Å². The fraction of sp³-hybridized carbons (Fsp3) is 0.840. The van der Waals surface area contributed by atoms with E-state index in [0.717, 1.165) is 18.5 Å². The zero-order chi connectivity index (χ0) is 23.1. The lowest BCUT2D eigenvalue weighted by Gasteiger charge is -2.59. The zero-order valence-corrected chi connectivity index (χ0v) is 19.2. The molecule has 0 bridgehead atoms. The third-order valence-electron chi connectivity index (χ3n) is 10.1. The molecular formula is C25H37NO6. The van der Waals surface area contributed by atoms with E-state index in [9.17, 15) is 30.0 Å². The number of Topliss-reactive ketones (excluding diaryl/α,β-unsaturated/α-hetero) is 1. The molecule has 5 aliphatic rings. The molecule has 0 aromatic rings. The van der Waals surface area contributed by atoms with E-state index in [1.54, 1.807) is 6.08 Å². The van der Waals surface area contributed by atoms with Crippen LogP contribution < -0.4 is 0 Å². The van der Waals surface area contributed by atoms with Crippen LogP contribution in [-0.2, 0) is 9.59 Å². The van der Waals surface area contributed by atoms with Crippen LogP contribution >= 0.6 is 0 Å². The van der Waals surface area contributed by atoms with E-state index >= 15 is 0 Å². The number of β-amino-alcohol motifs (C(OH)–C–C–N with tert-alkyl or cyclic N) is 1. The van der Waals surface area contributed by atoms with Gasteiger partial charge in [0.2, 0.25) is 0 Å². The summed E-state index contributed by atoms with van der Waals surface area (Å²) in [7, 11) is 0. The highest BCUT2D eigenvalue weighted by Crippen LogP contribution is 2.67. The van der Waals surface area contributed by atoms with E-state index in [2.05, 4.69) is 0 Å². The van der Waals surface area contributed by atoms with Gasteiger partial charge < -0.3 is 20.4 Å². The number of nitrogens with zero attached hydrogens (tertiary/aromatic N) is 1. The SMILES string of the molecule is CC12CC(O)C(O)CC1C(=O)C=C1C2CCC2(C)[C@@H](C(=O)CN3CCC(O)C3)CC[C@@]12O. The average Bonchev–Trinajstić information content (AvgIpc) is 3.24. The summed E-state index contributed by atoms with van der Waals surface area (Å²) in [5.74, 6) is -0.593. The molecule has 1 saturated heterocycles. The normalized spacial score (nSPS) is 51.1. The average molecular weight is 448 g/mol. The van der Waals surface area contributed by atoms with Crippen LogP contribution in [0, 0.1) is 28.6 Å². The van der Waals surface area contributed by atoms with Crippen molar-refractivity contribution in [3.05, 3.63) is 11.6 Å². The second-order valence-electron chi connectivity index (χ2n) is 11.7. The van der Waals surface area contributed by atoms with Gasteiger partial charge in [0.05, 0.1) is 30.5 Å². The second kappa shape index (κ2) is 7.44. The Kier molecular flexibility index (Phi) is 5.27. The fourth-order valence-corrected chi connectivity index (χ4v) is 8.17. The Bertz CT molecular complexity index is 857. The molecule has 5 rings (SSSR count). The number of aliphatic hydroxyl groups is 4. The molecular weight excluding hydrogens is 410 g/mol. The molecule has 7 heteroatoms. The van der Waals surface area contributed by atoms with Gasteiger partial charge in [0.15, 0.2) is 11.6 Å². The van der Waals surface area contributed by atoms with Crippen molar-refractivity contribution in [1.29, 1.82) is 0 Å². The van der Waals surface area contributed by atoms with Crippen LogP contribution in [0.3, 0.4) is 0 Å². The summed E-state index contributed by atoms with van der Waals surface area (Å²) in [5, 5.41) is 42.5. The van der Waals surface area contributed by atoms with Gasteiger partial charge in [-0.05, 0) is 67.9 Å². The number of rotatable bonds is 3. The maximum Gasteiger partial charge on any atom is 0.159 e. The number of fused-ring (bicyclic) bond motifs is 5. The highest BCUT2D eigenvalue weighted by molar-refractivity contribution is 5.95. The molecule has 7 nitrogen and oxygen atoms in total. The van der Waals surface area contributed by atoms with Crippen LogP contribution in [0.2, 0.25) is 0 Å². The van der Waals surface area contributed by atoms with E-state index in [0.29, 0.717) is 45.2 Å². The molecule has 4 N–H and O–H groups in total. The van der Waals surface area contributed by atoms with Gasteiger partial charge in [-0.3, -0.25) is 14.5 Å². The van der Waals surface area contributed by atoms with Crippen LogP contribution in [0.4, 0.5) is 0 Å². The standard InChI is InChI=1S/C25H37NO6/c1-23-11-21(30)20(29)10-18(23)19(28)9-17-15(23)3-6-24(2)16(4-7-25(17,24)32)22(31)13-26-8-5-14(27)12-26/h9,14-16,18,20-21,27,29-30,32H,3-8,10-13H2,1-2H3/t14?,15?,16-,18?,20?,21?,23?,24?,25-/m1/s1. The van der Waals surface area contributed by atoms with Crippen LogP contribution in [0.5, 0.6) is 0 Å². The zero-order valence-electron chi connectivity index (χ0n) is 19.2. The maximum absolute atomic E-state index is 13.3. The molecule has 4 aliphatic carbocycles. The Morgan fingerprint density at radius 1 is 1.09 bits per heavy atom. The second-order valence-corrected chi connectivity index (χ2v) is 11.7. The summed E-state index contributed by atoms with van der Waals surface area (Å²) in [5.41, 5.74) is -1.57. The van der Waals surface area contributed by atoms with Crippen molar-refractivity contribution in [1.82, 2.24) is 4.90 Å². The summed E-state index contributed by atoms with van der Waals surface area (Å²) in [6.07, 6.45) is 3.32. The molecule has 0 radical (unpaired) electrons. The number of aliphatic hydroxyl groups excluding tert-OH is 3. The predicted octanol–water partition coefficient (Wildman–Crippen LogP) is 0.827. The number of likely N-dealkylation sites (tertiary alicyclic amines) is 1. The number of allylic oxidation sites excluding steroid dienone is 1. The Morgan fingerprint density at radius 2 is 1.84 bits per heavy atom. The van der Waals surface area contributed by atoms with Crippen molar-refractivity contribution in [2.45, 2.75) is 82.7 Å². The van der Waals surface area contributed by atoms with Gasteiger partial charge >= 0.3 is 0 Å². The summed E-state index contributed by atoms with van der Waals surface area (Å²) < 4.78 is 0. The molecule has 0 aromatic heterocycles. The van der Waals surface area contributed by atoms with Crippen molar-refractivity contribution in [3.63, 3.8) is 0 Å². The highest BCUT2D eigenvalue weighted by atomic mass is 16.3. The molecule has 178 valence electrons. The molecule has 9 atom stereocenters. The Morgan fingerprint density at radius 3 is 2.53 bits per heavy atom. The third kappa shape index (κ3) is 3.04. The van der Waals surface area contributed by atoms with Crippen molar-refractivity contribution in [2.75, 3.05) is 19.6 Å². The van der Waals surface area contributed by atoms with Crippen molar-refractivity contribution < 1.29 is 30.0 Å². The topological polar surface area (TPSA) is 118 Å². The minimum Gasteiger partial charge on any atom is -0.392 e. The Labute approximate surface area is 189 Å². The van der Waals surface area contributed by atoms with E-state index in [4.69, 9.17) is 0 Å². The molecule has 32 heavy (non-hydrogen) atoms. The van der Waals surface area contributed by atoms with Gasteiger partial charge in [-0.25, -0.2) is 0 Å². The van der Waals surface area contributed by atoms with E-state index in [1.165, 1.54) is 0 Å². The summed E-state index contributed by atoms with van der Waals surface area (Å²) in [6, 6.07) is 0. The van der Waals surface area contributed by atoms with E-state index in [1.807, 2.05) is 18.7 Å². The number of ketones is 2. The van der Waals surface area contributed by atoms with Gasteiger partial charge in [-0.2, -0.15) is 0 Å². The van der Waals surface area contributed by atoms with Crippen molar-refractivity contribution in [3.8, 4) is 0 Å². The third-order valence-corrected chi connectivity index (χ3v) is 10.1. The smallest absolute Gasteiger partial charge is 0.159 e. The van der Waals surface area contributed by atoms with Crippen LogP contribution in [-0.4, -0.2) is 80.4 Å². The van der Waals surface area contributed by atoms with Gasteiger partial charge in [0, 0.05) is 30.3 Å². The molecule has 3 saturated carbocycles. The lowest BCUT2D eigenvalue weighted by molar-refractivity contribution is -0.154. The van der Waals surface area contributed by atoms with Crippen LogP contribution in [0.15, 0.2) is 11.6 Å². The molecule has 0 amide bonds. The molecule has 1 heterocycles. The van der Waals surface area contributed by atoms with Crippen molar-refractivity contribution in [2.24, 2.45) is 28.6 Å². The van der Waals surface area contributed by atoms with E-state index in [-0.39, 0.29) is 41.8 Å². The number of carbonyl (C=O) groups is 2. The highest BCUT2D eigenvalue weighted by Gasteiger charge is 2.67. The first kappa shape index (κ1) is 22.7. The maximum atomic E-state index is 13.3. The van der Waals surface area contributed by atoms with Gasteiger partial charge in [-0.15, -0.1) is 0 Å². The van der Waals surface area contributed by atoms with Gasteiger partial charge in [-0.1, -0.05) is 13.8 Å². The number of hydrogen-bond donors (Lipinski definition) is 4. The Hall–Kier alpha value is -1.12. The molecule has 4 fully saturated rings. The quantitative estimate of drug-likeness (QED) is 0.506. The lowest BCUT2D eigenvalue weighted by atomic mass is 9.46. The largest absolute Gasteiger partial charge is 0.392 e. The predicted molar refractivity (Wildman–Crippen MR) is 117 cm³/mol. The summed E-state index contributed by atoms with van der Waals surface area (Å²) in [6.45, 7) is 5.59. The van der Waals surface area contributed by atoms with Crippen molar-refractivity contribution >= 4 is 11.6 Å². The minimum absolute atomic E-state index is 0.0343. The molecule has 0 aromatic carbocycles. The van der Waals surface area contributed by atoms with Crippen LogP contribution in [0.25, 0.3) is 0 Å². The molecule has 1 aliphatic heterocycles. The van der Waals surface area contributed by atoms with Crippen LogP contribution in [0.1, 0.15) is 58.8 Å². The number of hydrogen-bond acceptors (Lipinski definition) is 7. The first-order valence-electron chi connectivity index (χ1n) is 12.3. The Balaban J connectivity index is 1.44. The minimum atomic E-state index is -1.20. The van der Waals surface area contributed by atoms with E-state index < -0.39 is 28.6 Å². The molecule has 7 unspecified atom stereocenters. The fourth-order valence-electron chi connectivity index (χ4n) is 8.17. The lowest BCUT2D eigenvalue weighted by Crippen LogP contribution is -2.61. The molecule has 0 spiro atoms. The first-order valence-corrected chi connectivity index (χ1v) is 12.3. The monoisotopic (exact) mass is 447 g/mol. The summed E-state index contributed by atoms with van der Waals surface area (Å²) >= 11 is 0.